The molecule has 2 rings (SSSR count). The Labute approximate surface area is 95.0 Å². The second-order valence-electron chi connectivity index (χ2n) is 4.20. The zero-order valence-electron chi connectivity index (χ0n) is 8.92. The van der Waals surface area contributed by atoms with E-state index < -0.39 is 0 Å². The Balaban J connectivity index is 2.33. The molecule has 0 saturated carbocycles. The SMILES string of the molecule is CC1NNC(c2cc(N)ccc2Cl)C1C. The van der Waals surface area contributed by atoms with Crippen LogP contribution >= 0.6 is 11.6 Å². The van der Waals surface area contributed by atoms with Crippen molar-refractivity contribution >= 4 is 17.3 Å². The van der Waals surface area contributed by atoms with Crippen LogP contribution in [-0.2, 0) is 0 Å². The van der Waals surface area contributed by atoms with E-state index in [9.17, 15) is 0 Å². The van der Waals surface area contributed by atoms with E-state index in [0.29, 0.717) is 12.0 Å². The lowest BCUT2D eigenvalue weighted by molar-refractivity contribution is 0.476. The number of benzene rings is 1. The van der Waals surface area contributed by atoms with Crippen LogP contribution in [0.4, 0.5) is 5.69 Å². The quantitative estimate of drug-likeness (QED) is 0.642. The van der Waals surface area contributed by atoms with Crippen LogP contribution in [0.2, 0.25) is 5.02 Å². The van der Waals surface area contributed by atoms with E-state index in [2.05, 4.69) is 24.7 Å². The van der Waals surface area contributed by atoms with E-state index in [1.54, 1.807) is 0 Å². The molecule has 0 amide bonds. The van der Waals surface area contributed by atoms with Crippen LogP contribution in [0.1, 0.15) is 25.5 Å². The Hall–Kier alpha value is -0.770. The first-order valence-electron chi connectivity index (χ1n) is 5.15. The fourth-order valence-electron chi connectivity index (χ4n) is 1.93. The predicted octanol–water partition coefficient (Wildman–Crippen LogP) is 2.10. The van der Waals surface area contributed by atoms with Gasteiger partial charge in [-0.1, -0.05) is 18.5 Å². The van der Waals surface area contributed by atoms with Crippen LogP contribution < -0.4 is 16.6 Å². The summed E-state index contributed by atoms with van der Waals surface area (Å²) in [7, 11) is 0. The molecule has 0 aromatic heterocycles. The lowest BCUT2D eigenvalue weighted by Crippen LogP contribution is -2.29. The van der Waals surface area contributed by atoms with Crippen LogP contribution in [0, 0.1) is 5.92 Å². The highest BCUT2D eigenvalue weighted by Crippen LogP contribution is 2.33. The summed E-state index contributed by atoms with van der Waals surface area (Å²) in [5, 5.41) is 0.768. The van der Waals surface area contributed by atoms with E-state index >= 15 is 0 Å². The molecular formula is C11H16ClN3. The number of nitrogens with one attached hydrogen (secondary N) is 2. The number of anilines is 1. The molecule has 0 radical (unpaired) electrons. The van der Waals surface area contributed by atoms with E-state index in [1.807, 2.05) is 18.2 Å². The van der Waals surface area contributed by atoms with Gasteiger partial charge in [-0.15, -0.1) is 0 Å². The molecule has 3 nitrogen and oxygen atoms in total. The van der Waals surface area contributed by atoms with Gasteiger partial charge in [-0.25, -0.2) is 5.43 Å². The van der Waals surface area contributed by atoms with Crippen LogP contribution in [0.25, 0.3) is 0 Å². The predicted molar refractivity (Wildman–Crippen MR) is 63.5 cm³/mol. The fraction of sp³-hybridized carbons (Fsp3) is 0.455. The standard InChI is InChI=1S/C11H16ClN3/c1-6-7(2)14-15-11(6)9-5-8(13)3-4-10(9)12/h3-7,11,14-15H,13H2,1-2H3. The number of hydrogen-bond donors (Lipinski definition) is 3. The van der Waals surface area contributed by atoms with Crippen LogP contribution in [0.5, 0.6) is 0 Å². The molecule has 0 bridgehead atoms. The zero-order valence-corrected chi connectivity index (χ0v) is 9.68. The first-order valence-corrected chi connectivity index (χ1v) is 5.53. The molecule has 1 saturated heterocycles. The number of nitrogens with two attached hydrogens (primary N) is 1. The van der Waals surface area contributed by atoms with Crippen LogP contribution in [0.3, 0.4) is 0 Å². The molecule has 1 heterocycles. The smallest absolute Gasteiger partial charge is 0.0518 e. The average molecular weight is 226 g/mol. The van der Waals surface area contributed by atoms with E-state index in [0.717, 1.165) is 16.3 Å². The number of hydrazine groups is 1. The van der Waals surface area contributed by atoms with Crippen LogP contribution in [-0.4, -0.2) is 6.04 Å². The Kier molecular flexibility index (Phi) is 2.87. The lowest BCUT2D eigenvalue weighted by Gasteiger charge is -2.18. The molecule has 4 N–H and O–H groups in total. The van der Waals surface area contributed by atoms with E-state index in [-0.39, 0.29) is 6.04 Å². The molecule has 15 heavy (non-hydrogen) atoms. The largest absolute Gasteiger partial charge is 0.399 e. The van der Waals surface area contributed by atoms with Gasteiger partial charge in [-0.2, -0.15) is 0 Å². The van der Waals surface area contributed by atoms with Gasteiger partial charge in [0.25, 0.3) is 0 Å². The van der Waals surface area contributed by atoms with Crippen molar-refractivity contribution in [2.24, 2.45) is 5.92 Å². The second kappa shape index (κ2) is 4.00. The molecule has 1 aromatic rings. The summed E-state index contributed by atoms with van der Waals surface area (Å²) >= 11 is 6.17. The Morgan fingerprint density at radius 2 is 2.00 bits per heavy atom. The van der Waals surface area contributed by atoms with Gasteiger partial charge in [0, 0.05) is 16.8 Å². The van der Waals surface area contributed by atoms with Gasteiger partial charge in [-0.05, 0) is 36.6 Å². The first kappa shape index (κ1) is 10.7. The van der Waals surface area contributed by atoms with E-state index in [1.165, 1.54) is 0 Å². The normalized spacial score (nSPS) is 30.7. The number of rotatable bonds is 1. The van der Waals surface area contributed by atoms with Crippen molar-refractivity contribution in [2.75, 3.05) is 5.73 Å². The van der Waals surface area contributed by atoms with Gasteiger partial charge in [0.1, 0.15) is 0 Å². The summed E-state index contributed by atoms with van der Waals surface area (Å²) < 4.78 is 0. The number of nitrogen functional groups attached to an aromatic ring is 1. The van der Waals surface area contributed by atoms with Crippen molar-refractivity contribution in [3.05, 3.63) is 28.8 Å². The Morgan fingerprint density at radius 3 is 2.60 bits per heavy atom. The van der Waals surface area contributed by atoms with Gasteiger partial charge in [0.05, 0.1) is 6.04 Å². The minimum absolute atomic E-state index is 0.232. The zero-order chi connectivity index (χ0) is 11.0. The second-order valence-corrected chi connectivity index (χ2v) is 4.60. The minimum atomic E-state index is 0.232. The average Bonchev–Trinajstić information content (AvgIpc) is 2.52. The molecule has 82 valence electrons. The highest BCUT2D eigenvalue weighted by atomic mass is 35.5. The lowest BCUT2D eigenvalue weighted by atomic mass is 9.92. The van der Waals surface area contributed by atoms with Crippen molar-refractivity contribution in [3.63, 3.8) is 0 Å². The van der Waals surface area contributed by atoms with Crippen molar-refractivity contribution < 1.29 is 0 Å². The Morgan fingerprint density at radius 1 is 1.27 bits per heavy atom. The molecule has 0 aliphatic carbocycles. The summed E-state index contributed by atoms with van der Waals surface area (Å²) in [5.74, 6) is 0.490. The maximum Gasteiger partial charge on any atom is 0.0518 e. The van der Waals surface area contributed by atoms with Gasteiger partial charge in [0.15, 0.2) is 0 Å². The van der Waals surface area contributed by atoms with Crippen molar-refractivity contribution in [2.45, 2.75) is 25.9 Å². The summed E-state index contributed by atoms with van der Waals surface area (Å²) in [6, 6.07) is 6.28. The van der Waals surface area contributed by atoms with Crippen LogP contribution in [0.15, 0.2) is 18.2 Å². The third kappa shape index (κ3) is 1.95. The van der Waals surface area contributed by atoms with Crippen molar-refractivity contribution in [3.8, 4) is 0 Å². The molecule has 3 unspecified atom stereocenters. The van der Waals surface area contributed by atoms with Gasteiger partial charge in [0.2, 0.25) is 0 Å². The molecule has 0 spiro atoms. The molecular weight excluding hydrogens is 210 g/mol. The molecule has 1 aliphatic rings. The molecule has 1 aliphatic heterocycles. The third-order valence-electron chi connectivity index (χ3n) is 3.14. The number of hydrogen-bond acceptors (Lipinski definition) is 3. The topological polar surface area (TPSA) is 50.1 Å². The number of halogens is 1. The third-order valence-corrected chi connectivity index (χ3v) is 3.48. The highest BCUT2D eigenvalue weighted by Gasteiger charge is 2.31. The fourth-order valence-corrected chi connectivity index (χ4v) is 2.17. The van der Waals surface area contributed by atoms with E-state index in [4.69, 9.17) is 17.3 Å². The molecule has 3 atom stereocenters. The summed E-state index contributed by atoms with van der Waals surface area (Å²) in [5.41, 5.74) is 14.1. The molecule has 1 aromatic carbocycles. The van der Waals surface area contributed by atoms with Gasteiger partial charge < -0.3 is 5.73 Å². The first-order chi connectivity index (χ1) is 7.09. The minimum Gasteiger partial charge on any atom is -0.399 e. The summed E-state index contributed by atoms with van der Waals surface area (Å²) in [6.45, 7) is 4.35. The summed E-state index contributed by atoms with van der Waals surface area (Å²) in [4.78, 5) is 0. The Bertz CT molecular complexity index is 367. The maximum atomic E-state index is 6.17. The molecule has 4 heteroatoms. The van der Waals surface area contributed by atoms with Gasteiger partial charge in [-0.3, -0.25) is 5.43 Å². The maximum absolute atomic E-state index is 6.17. The molecule has 1 fully saturated rings. The van der Waals surface area contributed by atoms with Gasteiger partial charge >= 0.3 is 0 Å². The summed E-state index contributed by atoms with van der Waals surface area (Å²) in [6.07, 6.45) is 0. The highest BCUT2D eigenvalue weighted by molar-refractivity contribution is 6.31. The van der Waals surface area contributed by atoms with Crippen molar-refractivity contribution in [1.82, 2.24) is 10.9 Å². The monoisotopic (exact) mass is 225 g/mol. The van der Waals surface area contributed by atoms with Crippen molar-refractivity contribution in [1.29, 1.82) is 0 Å².